The van der Waals surface area contributed by atoms with Gasteiger partial charge < -0.3 is 10.1 Å². The van der Waals surface area contributed by atoms with Crippen LogP contribution in [0.2, 0.25) is 5.02 Å². The van der Waals surface area contributed by atoms with Crippen molar-refractivity contribution >= 4 is 61.1 Å². The maximum absolute atomic E-state index is 12.6. The van der Waals surface area contributed by atoms with Crippen LogP contribution in [0.1, 0.15) is 22.3 Å². The smallest absolute Gasteiger partial charge is 0.266 e. The first-order valence-corrected chi connectivity index (χ1v) is 11.6. The molecule has 0 atom stereocenters. The van der Waals surface area contributed by atoms with Crippen LogP contribution in [0.3, 0.4) is 0 Å². The van der Waals surface area contributed by atoms with Gasteiger partial charge in [0.05, 0.1) is 8.95 Å². The molecule has 0 heterocycles. The highest BCUT2D eigenvalue weighted by Crippen LogP contribution is 2.36. The molecule has 0 aliphatic heterocycles. The Morgan fingerprint density at radius 3 is 2.38 bits per heavy atom. The lowest BCUT2D eigenvalue weighted by atomic mass is 10.1. The molecule has 0 unspecified atom stereocenters. The molecule has 0 spiro atoms. The van der Waals surface area contributed by atoms with E-state index in [1.165, 1.54) is 11.6 Å². The average Bonchev–Trinajstić information content (AvgIpc) is 2.75. The molecule has 0 radical (unpaired) electrons. The van der Waals surface area contributed by atoms with Gasteiger partial charge in [0, 0.05) is 10.7 Å². The number of carbonyl (C=O) groups excluding carboxylic acids is 1. The van der Waals surface area contributed by atoms with Crippen LogP contribution in [0, 0.1) is 25.2 Å². The van der Waals surface area contributed by atoms with E-state index in [0.717, 1.165) is 11.1 Å². The summed E-state index contributed by atoms with van der Waals surface area (Å²) in [5.41, 5.74) is 4.29. The maximum atomic E-state index is 12.6. The Morgan fingerprint density at radius 2 is 1.75 bits per heavy atom. The average molecular weight is 575 g/mol. The zero-order valence-electron chi connectivity index (χ0n) is 17.4. The van der Waals surface area contributed by atoms with E-state index in [4.69, 9.17) is 16.3 Å². The third-order valence-electron chi connectivity index (χ3n) is 4.65. The third-order valence-corrected chi connectivity index (χ3v) is 6.06. The lowest BCUT2D eigenvalue weighted by Crippen LogP contribution is -2.14. The molecule has 3 aromatic carbocycles. The summed E-state index contributed by atoms with van der Waals surface area (Å²) in [6, 6.07) is 18.9. The number of nitrogens with zero attached hydrogens (tertiary/aromatic N) is 1. The topological polar surface area (TPSA) is 62.1 Å². The highest BCUT2D eigenvalue weighted by atomic mass is 79.9. The molecule has 0 aromatic heterocycles. The number of rotatable bonds is 6. The summed E-state index contributed by atoms with van der Waals surface area (Å²) in [5, 5.41) is 12.8. The van der Waals surface area contributed by atoms with Crippen molar-refractivity contribution in [2.24, 2.45) is 0 Å². The first-order valence-electron chi connectivity index (χ1n) is 9.63. The number of ether oxygens (including phenoxy) is 1. The molecule has 7 heteroatoms. The van der Waals surface area contributed by atoms with Gasteiger partial charge in [-0.1, -0.05) is 47.5 Å². The van der Waals surface area contributed by atoms with Crippen LogP contribution in [0.4, 0.5) is 5.69 Å². The predicted molar refractivity (Wildman–Crippen MR) is 136 cm³/mol. The van der Waals surface area contributed by atoms with Gasteiger partial charge in [-0.2, -0.15) is 5.26 Å². The van der Waals surface area contributed by atoms with Crippen molar-refractivity contribution in [1.82, 2.24) is 0 Å². The third kappa shape index (κ3) is 6.23. The summed E-state index contributed by atoms with van der Waals surface area (Å²) in [6.07, 6.45) is 1.52. The van der Waals surface area contributed by atoms with Crippen LogP contribution in [0.5, 0.6) is 5.75 Å². The second-order valence-corrected chi connectivity index (χ2v) is 9.32. The number of nitriles is 1. The minimum absolute atomic E-state index is 0.0310. The Labute approximate surface area is 209 Å². The highest BCUT2D eigenvalue weighted by molar-refractivity contribution is 9.11. The monoisotopic (exact) mass is 572 g/mol. The van der Waals surface area contributed by atoms with Crippen molar-refractivity contribution in [1.29, 1.82) is 5.26 Å². The van der Waals surface area contributed by atoms with Gasteiger partial charge in [0.2, 0.25) is 0 Å². The van der Waals surface area contributed by atoms with E-state index in [9.17, 15) is 10.1 Å². The SMILES string of the molecule is Cc1ccc(COc2c(Br)cc(/C=C(\C#N)C(=O)Nc3cc(Cl)ccc3C)cc2Br)cc1. The number of benzene rings is 3. The summed E-state index contributed by atoms with van der Waals surface area (Å²) in [6.45, 7) is 4.30. The predicted octanol–water partition coefficient (Wildman–Crippen LogP) is 7.61. The zero-order chi connectivity index (χ0) is 23.3. The standard InChI is InChI=1S/C25H19Br2ClN2O2/c1-15-3-6-17(7-4-15)14-32-24-21(26)10-18(11-22(24)27)9-19(13-29)25(31)30-23-12-20(28)8-5-16(23)2/h3-12H,14H2,1-2H3,(H,30,31)/b19-9+. The van der Waals surface area contributed by atoms with E-state index in [0.29, 0.717) is 37.6 Å². The molecule has 0 bridgehead atoms. The van der Waals surface area contributed by atoms with Crippen LogP contribution in [0.25, 0.3) is 6.08 Å². The van der Waals surface area contributed by atoms with Gasteiger partial charge in [-0.15, -0.1) is 0 Å². The normalized spacial score (nSPS) is 11.1. The van der Waals surface area contributed by atoms with Crippen LogP contribution in [0.15, 0.2) is 69.1 Å². The van der Waals surface area contributed by atoms with Gasteiger partial charge in [0.15, 0.2) is 0 Å². The van der Waals surface area contributed by atoms with Crippen molar-refractivity contribution in [3.05, 3.63) is 96.4 Å². The fraction of sp³-hybridized carbons (Fsp3) is 0.120. The van der Waals surface area contributed by atoms with Gasteiger partial charge in [-0.05, 0) is 92.7 Å². The van der Waals surface area contributed by atoms with Crippen LogP contribution in [-0.4, -0.2) is 5.91 Å². The molecule has 1 N–H and O–H groups in total. The lowest BCUT2D eigenvalue weighted by molar-refractivity contribution is -0.112. The van der Waals surface area contributed by atoms with E-state index in [-0.39, 0.29) is 5.57 Å². The molecule has 0 aliphatic rings. The zero-order valence-corrected chi connectivity index (χ0v) is 21.3. The van der Waals surface area contributed by atoms with E-state index >= 15 is 0 Å². The Hall–Kier alpha value is -2.59. The Kier molecular flexibility index (Phi) is 8.14. The maximum Gasteiger partial charge on any atom is 0.266 e. The highest BCUT2D eigenvalue weighted by Gasteiger charge is 2.14. The molecule has 0 aliphatic carbocycles. The van der Waals surface area contributed by atoms with Crippen molar-refractivity contribution in [3.8, 4) is 11.8 Å². The fourth-order valence-electron chi connectivity index (χ4n) is 2.87. The van der Waals surface area contributed by atoms with Crippen LogP contribution < -0.4 is 10.1 Å². The molecule has 0 saturated carbocycles. The second kappa shape index (κ2) is 10.8. The largest absolute Gasteiger partial charge is 0.487 e. The molecule has 1 amide bonds. The first-order chi connectivity index (χ1) is 15.3. The van der Waals surface area contributed by atoms with Crippen LogP contribution in [-0.2, 0) is 11.4 Å². The second-order valence-electron chi connectivity index (χ2n) is 7.17. The number of anilines is 1. The number of amides is 1. The number of aryl methyl sites for hydroxylation is 2. The summed E-state index contributed by atoms with van der Waals surface area (Å²) in [5.74, 6) is 0.130. The molecule has 3 rings (SSSR count). The molecule has 3 aromatic rings. The Bertz CT molecular complexity index is 1210. The van der Waals surface area contributed by atoms with Crippen molar-refractivity contribution < 1.29 is 9.53 Å². The molecular weight excluding hydrogens is 556 g/mol. The Morgan fingerprint density at radius 1 is 1.09 bits per heavy atom. The van der Waals surface area contributed by atoms with Crippen LogP contribution >= 0.6 is 43.5 Å². The number of hydrogen-bond donors (Lipinski definition) is 1. The Balaban J connectivity index is 1.78. The van der Waals surface area contributed by atoms with Gasteiger partial charge in [-0.3, -0.25) is 4.79 Å². The number of hydrogen-bond acceptors (Lipinski definition) is 3. The minimum atomic E-state index is -0.509. The van der Waals surface area contributed by atoms with Gasteiger partial charge in [0.1, 0.15) is 24.0 Å². The lowest BCUT2D eigenvalue weighted by Gasteiger charge is -2.12. The summed E-state index contributed by atoms with van der Waals surface area (Å²) in [7, 11) is 0. The first kappa shape index (κ1) is 24.1. The molecular formula is C25H19Br2ClN2O2. The fourth-order valence-corrected chi connectivity index (χ4v) is 4.50. The summed E-state index contributed by atoms with van der Waals surface area (Å²) in [4.78, 5) is 12.6. The number of carbonyl (C=O) groups is 1. The van der Waals surface area contributed by atoms with Gasteiger partial charge in [0.25, 0.3) is 5.91 Å². The molecule has 32 heavy (non-hydrogen) atoms. The molecule has 162 valence electrons. The van der Waals surface area contributed by atoms with E-state index in [1.54, 1.807) is 30.3 Å². The van der Waals surface area contributed by atoms with Crippen molar-refractivity contribution in [3.63, 3.8) is 0 Å². The van der Waals surface area contributed by atoms with Crippen molar-refractivity contribution in [2.45, 2.75) is 20.5 Å². The van der Waals surface area contributed by atoms with E-state index in [1.807, 2.05) is 44.2 Å². The quantitative estimate of drug-likeness (QED) is 0.244. The van der Waals surface area contributed by atoms with Gasteiger partial charge in [-0.25, -0.2) is 0 Å². The number of halogens is 3. The van der Waals surface area contributed by atoms with E-state index in [2.05, 4.69) is 37.2 Å². The molecule has 4 nitrogen and oxygen atoms in total. The van der Waals surface area contributed by atoms with Gasteiger partial charge >= 0.3 is 0 Å². The summed E-state index contributed by atoms with van der Waals surface area (Å²) < 4.78 is 7.36. The van der Waals surface area contributed by atoms with Crippen molar-refractivity contribution in [2.75, 3.05) is 5.32 Å². The van der Waals surface area contributed by atoms with E-state index < -0.39 is 5.91 Å². The number of nitrogens with one attached hydrogen (secondary N) is 1. The minimum Gasteiger partial charge on any atom is -0.487 e. The molecule has 0 saturated heterocycles. The summed E-state index contributed by atoms with van der Waals surface area (Å²) >= 11 is 13.1. The molecule has 0 fully saturated rings.